The van der Waals surface area contributed by atoms with Crippen LogP contribution in [0, 0.1) is 11.8 Å². The summed E-state index contributed by atoms with van der Waals surface area (Å²) in [6.07, 6.45) is 5.94. The maximum absolute atomic E-state index is 14.6. The second kappa shape index (κ2) is 25.2. The molecule has 9 rings (SSSR count). The number of thiophene rings is 1. The minimum atomic E-state index is -5.86. The Morgan fingerprint density at radius 3 is 2.32 bits per heavy atom. The number of amides is 7. The molecule has 428 valence electrons. The number of anilines is 1. The van der Waals surface area contributed by atoms with Crippen molar-refractivity contribution in [3.63, 3.8) is 0 Å². The molecule has 0 bridgehead atoms. The van der Waals surface area contributed by atoms with Crippen LogP contribution >= 0.6 is 18.9 Å². The topological polar surface area (TPSA) is 280 Å². The highest BCUT2D eigenvalue weighted by atomic mass is 32.1. The molecule has 1 aromatic heterocycles. The number of carbonyl (C=O) groups excluding carboxylic acids is 9. The van der Waals surface area contributed by atoms with E-state index in [0.29, 0.717) is 46.3 Å². The Balaban J connectivity index is 0.792. The summed E-state index contributed by atoms with van der Waals surface area (Å²) in [6, 6.07) is 19.5. The first-order valence-electron chi connectivity index (χ1n) is 27.4. The number of unbranched alkanes of at least 4 members (excludes halogenated alkanes) is 6. The zero-order valence-electron chi connectivity index (χ0n) is 44.6. The van der Waals surface area contributed by atoms with E-state index in [1.54, 1.807) is 54.6 Å². The molecule has 4 aromatic carbocycles. The van der Waals surface area contributed by atoms with Crippen LogP contribution in [0.4, 0.5) is 14.5 Å². The molecule has 22 heteroatoms. The smallest absolute Gasteiger partial charge is 0.370 e. The predicted molar refractivity (Wildman–Crippen MR) is 299 cm³/mol. The molecule has 18 nitrogen and oxygen atoms in total. The van der Waals surface area contributed by atoms with Gasteiger partial charge in [-0.15, -0.1) is 11.3 Å². The molecule has 1 saturated heterocycles. The molecule has 5 heterocycles. The lowest BCUT2D eigenvalue weighted by Gasteiger charge is -2.29. The van der Waals surface area contributed by atoms with E-state index in [1.165, 1.54) is 21.9 Å². The summed E-state index contributed by atoms with van der Waals surface area (Å²) in [4.78, 5) is 142. The van der Waals surface area contributed by atoms with E-state index in [4.69, 9.17) is 5.73 Å². The summed E-state index contributed by atoms with van der Waals surface area (Å²) in [6.45, 7) is 0.247. The van der Waals surface area contributed by atoms with Crippen molar-refractivity contribution in [3.05, 3.63) is 135 Å². The first-order valence-corrected chi connectivity index (χ1v) is 29.8. The molecule has 0 spiro atoms. The van der Waals surface area contributed by atoms with E-state index in [9.17, 15) is 66.3 Å². The summed E-state index contributed by atoms with van der Waals surface area (Å²) in [5, 5.41) is 7.99. The number of Topliss-reactive ketones (excluding diaryl/α,β-unsaturated/α-hetero) is 2. The normalized spacial score (nSPS) is 18.4. The average molecular weight is 1160 g/mol. The first kappa shape index (κ1) is 58.9. The number of imide groups is 1. The van der Waals surface area contributed by atoms with E-state index >= 15 is 0 Å². The number of fused-ring (bicyclic) bond motifs is 2. The molecule has 4 aliphatic heterocycles. The van der Waals surface area contributed by atoms with Gasteiger partial charge in [-0.2, -0.15) is 8.78 Å². The molecular formula is C60H61F2N6O12PS. The minimum Gasteiger partial charge on any atom is -0.370 e. The predicted octanol–water partition coefficient (Wildman–Crippen LogP) is 7.13. The number of para-hydroxylation sites is 1. The molecule has 0 saturated carbocycles. The van der Waals surface area contributed by atoms with Gasteiger partial charge in [-0.3, -0.25) is 57.9 Å². The number of rotatable bonds is 23. The number of halogens is 2. The molecule has 4 aliphatic rings. The number of nitrogens with zero attached hydrogens (tertiary/aromatic N) is 2. The van der Waals surface area contributed by atoms with Crippen LogP contribution in [0.5, 0.6) is 0 Å². The molecule has 5 atom stereocenters. The Bertz CT molecular complexity index is 3500. The standard InChI is InChI=1S/C60H61F2N6O12PS/c61-60(62,81(78,79)80)40-23-27-50-39(30-40)32-51(82-50)57(75)65-45-24-22-37-18-12-19-38-31-47(68(54(37)38)59(45)77)56(74)64-44(25-28-52(63)71)49(70)33-42(35-14-9-7-10-15-35)48(69)21-11-6-4-2-1-3-5-8-16-36-17-13-20-41-43(36)34-67(58(41)76)46-26-29-53(72)66-55(46)73/h7,9-10,12-15,17-20,23,27,30,32,42,44-47H,1-6,11,21-22,24-26,28-29,31,33-34H2,(H2,63,71)(H,64,74)(H,65,75)(H,66,72,73)(H2,78,79,80)/t42-,44+,45+,46?,47+/m1/s1. The monoisotopic (exact) mass is 1160 g/mol. The number of alkyl halides is 2. The van der Waals surface area contributed by atoms with Crippen LogP contribution in [-0.4, -0.2) is 91.8 Å². The lowest BCUT2D eigenvalue weighted by molar-refractivity contribution is -0.137. The van der Waals surface area contributed by atoms with E-state index in [-0.39, 0.29) is 85.8 Å². The molecule has 82 heavy (non-hydrogen) atoms. The van der Waals surface area contributed by atoms with E-state index < -0.39 is 84.2 Å². The van der Waals surface area contributed by atoms with Crippen LogP contribution in [0.25, 0.3) is 10.1 Å². The lowest BCUT2D eigenvalue weighted by Crippen LogP contribution is -2.56. The van der Waals surface area contributed by atoms with Crippen molar-refractivity contribution >= 4 is 87.6 Å². The largest absolute Gasteiger partial charge is 0.399 e. The fourth-order valence-corrected chi connectivity index (χ4v) is 12.7. The average Bonchev–Trinajstić information content (AvgIpc) is 4.37. The number of nitrogens with two attached hydrogens (primary N) is 1. The molecular weight excluding hydrogens is 1100 g/mol. The fourth-order valence-electron chi connectivity index (χ4n) is 11.3. The third-order valence-electron chi connectivity index (χ3n) is 15.6. The quantitative estimate of drug-likeness (QED) is 0.0165. The number of hydrogen-bond acceptors (Lipinski definition) is 11. The summed E-state index contributed by atoms with van der Waals surface area (Å²) in [5.41, 5.74) is 4.70. The molecule has 0 radical (unpaired) electrons. The minimum absolute atomic E-state index is 0.0329. The maximum Gasteiger partial charge on any atom is 0.399 e. The molecule has 1 unspecified atom stereocenters. The highest BCUT2D eigenvalue weighted by molar-refractivity contribution is 7.52. The van der Waals surface area contributed by atoms with Crippen molar-refractivity contribution in [2.24, 2.45) is 5.73 Å². The highest BCUT2D eigenvalue weighted by Gasteiger charge is 2.51. The second-order valence-corrected chi connectivity index (χ2v) is 23.9. The van der Waals surface area contributed by atoms with Gasteiger partial charge < -0.3 is 31.1 Å². The Morgan fingerprint density at radius 1 is 0.841 bits per heavy atom. The maximum atomic E-state index is 14.6. The number of piperidine rings is 1. The van der Waals surface area contributed by atoms with Crippen LogP contribution in [0.15, 0.2) is 91.0 Å². The summed E-state index contributed by atoms with van der Waals surface area (Å²) in [7, 11) is -5.86. The van der Waals surface area contributed by atoms with E-state index in [2.05, 4.69) is 27.8 Å². The van der Waals surface area contributed by atoms with Gasteiger partial charge in [0.15, 0.2) is 5.78 Å². The van der Waals surface area contributed by atoms with E-state index in [1.807, 2.05) is 12.1 Å². The summed E-state index contributed by atoms with van der Waals surface area (Å²) >= 11 is 0.923. The SMILES string of the molecule is NC(=O)CC[C@H](NC(=O)[C@@H]1Cc2cccc3c2N1C(=O)[C@@H](NC(=O)c1cc2cc(C(F)(F)P(=O)(O)O)ccc2s1)CC3)C(=O)C[C@@H](C(=O)CCCCCCCCC#Cc1cccc2c1CN(C1CCC(=O)NC1=O)C2=O)c1ccccc1. The van der Waals surface area contributed by atoms with Gasteiger partial charge in [-0.25, -0.2) is 0 Å². The van der Waals surface area contributed by atoms with Gasteiger partial charge in [-0.1, -0.05) is 98.2 Å². The number of nitrogens with one attached hydrogen (secondary N) is 3. The van der Waals surface area contributed by atoms with E-state index in [0.717, 1.165) is 72.3 Å². The number of carbonyl (C=O) groups is 9. The van der Waals surface area contributed by atoms with Crippen LogP contribution in [-0.2, 0) is 63.2 Å². The van der Waals surface area contributed by atoms with Crippen LogP contribution in [0.3, 0.4) is 0 Å². The fraction of sp³-hybridized carbons (Fsp3) is 0.383. The van der Waals surface area contributed by atoms with Crippen LogP contribution < -0.4 is 26.6 Å². The summed E-state index contributed by atoms with van der Waals surface area (Å²) in [5.74, 6) is 1.08. The van der Waals surface area contributed by atoms with Crippen LogP contribution in [0.1, 0.15) is 149 Å². The number of primary amides is 1. The Labute approximate surface area is 475 Å². The molecule has 5 aromatic rings. The van der Waals surface area contributed by atoms with Crippen molar-refractivity contribution in [2.45, 2.75) is 145 Å². The molecule has 0 aliphatic carbocycles. The van der Waals surface area contributed by atoms with Crippen LogP contribution in [0.2, 0.25) is 0 Å². The Morgan fingerprint density at radius 2 is 1.57 bits per heavy atom. The van der Waals surface area contributed by atoms with Gasteiger partial charge in [0.1, 0.15) is 23.9 Å². The Hall–Kier alpha value is -7.76. The Kier molecular flexibility index (Phi) is 18.1. The zero-order valence-corrected chi connectivity index (χ0v) is 46.3. The summed E-state index contributed by atoms with van der Waals surface area (Å²) < 4.78 is 41.0. The molecule has 1 fully saturated rings. The van der Waals surface area contributed by atoms with Crippen molar-refractivity contribution in [3.8, 4) is 11.8 Å². The molecule has 7 N–H and O–H groups in total. The number of aryl methyl sites for hydroxylation is 1. The first-order chi connectivity index (χ1) is 39.2. The van der Waals surface area contributed by atoms with Crippen molar-refractivity contribution < 1.29 is 66.3 Å². The molecule has 7 amide bonds. The third kappa shape index (κ3) is 13.0. The van der Waals surface area contributed by atoms with Crippen molar-refractivity contribution in [1.82, 2.24) is 20.9 Å². The second-order valence-electron chi connectivity index (χ2n) is 21.2. The van der Waals surface area contributed by atoms with Gasteiger partial charge in [0.2, 0.25) is 29.5 Å². The van der Waals surface area contributed by atoms with Gasteiger partial charge in [-0.05, 0) is 96.5 Å². The number of benzene rings is 4. The van der Waals surface area contributed by atoms with Gasteiger partial charge in [0, 0.05) is 72.4 Å². The van der Waals surface area contributed by atoms with Crippen molar-refractivity contribution in [2.75, 3.05) is 4.90 Å². The number of hydrogen-bond donors (Lipinski definition) is 6. The third-order valence-corrected chi connectivity index (χ3v) is 17.7. The van der Waals surface area contributed by atoms with Crippen molar-refractivity contribution in [1.29, 1.82) is 0 Å². The zero-order chi connectivity index (χ0) is 58.5. The van der Waals surface area contributed by atoms with Gasteiger partial charge in [0.25, 0.3) is 11.8 Å². The van der Waals surface area contributed by atoms with Gasteiger partial charge in [0.05, 0.1) is 16.6 Å². The lowest BCUT2D eigenvalue weighted by atomic mass is 9.85. The van der Waals surface area contributed by atoms with Gasteiger partial charge >= 0.3 is 13.3 Å². The number of ketones is 2. The highest BCUT2D eigenvalue weighted by Crippen LogP contribution is 2.59.